The van der Waals surface area contributed by atoms with Gasteiger partial charge in [-0.15, -0.1) is 0 Å². The topological polar surface area (TPSA) is 109 Å². The lowest BCUT2D eigenvalue weighted by Crippen LogP contribution is -2.26. The number of rotatable bonds is 4. The van der Waals surface area contributed by atoms with Gasteiger partial charge in [-0.05, 0) is 36.2 Å². The molecule has 8 heteroatoms. The summed E-state index contributed by atoms with van der Waals surface area (Å²) in [4.78, 5) is 31.8. The van der Waals surface area contributed by atoms with Crippen molar-refractivity contribution in [2.24, 2.45) is 0 Å². The summed E-state index contributed by atoms with van der Waals surface area (Å²) in [6.45, 7) is 0.507. The van der Waals surface area contributed by atoms with E-state index < -0.39 is 0 Å². The molecule has 0 radical (unpaired) electrons. The van der Waals surface area contributed by atoms with Gasteiger partial charge < -0.3 is 24.8 Å². The normalized spacial score (nSPS) is 16.1. The van der Waals surface area contributed by atoms with Gasteiger partial charge in [0.1, 0.15) is 11.4 Å². The third-order valence-corrected chi connectivity index (χ3v) is 4.81. The Hall–Kier alpha value is -3.55. The number of nitrogens with zero attached hydrogens (tertiary/aromatic N) is 1. The van der Waals surface area contributed by atoms with Crippen LogP contribution in [0, 0.1) is 0 Å². The van der Waals surface area contributed by atoms with Gasteiger partial charge in [0.05, 0.1) is 7.11 Å². The third kappa shape index (κ3) is 3.24. The standard InChI is InChI=1S/C20H20N4O4/c1-21-19(25)16-7-6-15(28-16)18-23-14-9-12(10-22-20(26)17(14)24-18)11-4-3-5-13(8-11)27-2/h3-8,12H,9-10H2,1-2H3,(H,21,25)(H,22,26)(H,23,24)/t12-/m1/s1. The Labute approximate surface area is 161 Å². The number of benzene rings is 1. The van der Waals surface area contributed by atoms with Gasteiger partial charge in [-0.1, -0.05) is 12.1 Å². The Morgan fingerprint density at radius 1 is 1.32 bits per heavy atom. The first-order chi connectivity index (χ1) is 13.6. The van der Waals surface area contributed by atoms with Gasteiger partial charge in [-0.3, -0.25) is 9.59 Å². The quantitative estimate of drug-likeness (QED) is 0.642. The first kappa shape index (κ1) is 17.8. The fraction of sp³-hybridized carbons (Fsp3) is 0.250. The van der Waals surface area contributed by atoms with E-state index in [1.807, 2.05) is 24.3 Å². The molecule has 0 spiro atoms. The van der Waals surface area contributed by atoms with Crippen molar-refractivity contribution in [1.82, 2.24) is 20.6 Å². The van der Waals surface area contributed by atoms with Crippen LogP contribution in [0.3, 0.4) is 0 Å². The van der Waals surface area contributed by atoms with Crippen molar-refractivity contribution < 1.29 is 18.7 Å². The molecule has 1 aromatic carbocycles. The predicted octanol–water partition coefficient (Wildman–Crippen LogP) is 2.11. The number of imidazole rings is 1. The molecular weight excluding hydrogens is 360 g/mol. The Bertz CT molecular complexity index is 1040. The molecule has 8 nitrogen and oxygen atoms in total. The molecule has 1 aliphatic rings. The number of hydrogen-bond donors (Lipinski definition) is 3. The molecule has 0 unspecified atom stereocenters. The zero-order valence-corrected chi connectivity index (χ0v) is 15.5. The van der Waals surface area contributed by atoms with Crippen LogP contribution in [0.4, 0.5) is 0 Å². The maximum Gasteiger partial charge on any atom is 0.286 e. The average Bonchev–Trinajstić information content (AvgIpc) is 3.34. The van der Waals surface area contributed by atoms with Gasteiger partial charge in [0.15, 0.2) is 17.3 Å². The van der Waals surface area contributed by atoms with Gasteiger partial charge in [0.2, 0.25) is 0 Å². The van der Waals surface area contributed by atoms with Crippen LogP contribution < -0.4 is 15.4 Å². The Morgan fingerprint density at radius 2 is 2.18 bits per heavy atom. The van der Waals surface area contributed by atoms with Crippen LogP contribution in [0.15, 0.2) is 40.8 Å². The lowest BCUT2D eigenvalue weighted by atomic mass is 9.94. The molecule has 2 amide bonds. The lowest BCUT2D eigenvalue weighted by Gasteiger charge is -2.15. The van der Waals surface area contributed by atoms with E-state index in [9.17, 15) is 9.59 Å². The number of carbonyl (C=O) groups excluding carboxylic acids is 2. The first-order valence-corrected chi connectivity index (χ1v) is 8.92. The first-order valence-electron chi connectivity index (χ1n) is 8.92. The van der Waals surface area contributed by atoms with Gasteiger partial charge in [0.25, 0.3) is 11.8 Å². The van der Waals surface area contributed by atoms with E-state index in [0.29, 0.717) is 30.2 Å². The average molecular weight is 380 g/mol. The number of fused-ring (bicyclic) bond motifs is 1. The Kier molecular flexibility index (Phi) is 4.60. The van der Waals surface area contributed by atoms with Crippen molar-refractivity contribution in [2.75, 3.05) is 20.7 Å². The molecule has 28 heavy (non-hydrogen) atoms. The largest absolute Gasteiger partial charge is 0.497 e. The smallest absolute Gasteiger partial charge is 0.286 e. The Balaban J connectivity index is 1.65. The van der Waals surface area contributed by atoms with Crippen molar-refractivity contribution >= 4 is 11.8 Å². The van der Waals surface area contributed by atoms with Crippen LogP contribution in [0.1, 0.15) is 38.2 Å². The highest BCUT2D eigenvalue weighted by atomic mass is 16.5. The summed E-state index contributed by atoms with van der Waals surface area (Å²) in [5.74, 6) is 1.29. The lowest BCUT2D eigenvalue weighted by molar-refractivity contribution is 0.0932. The van der Waals surface area contributed by atoms with Gasteiger partial charge in [-0.25, -0.2) is 4.98 Å². The van der Waals surface area contributed by atoms with Gasteiger partial charge in [-0.2, -0.15) is 0 Å². The fourth-order valence-electron chi connectivity index (χ4n) is 3.32. The number of carbonyl (C=O) groups is 2. The van der Waals surface area contributed by atoms with Crippen molar-refractivity contribution in [3.05, 3.63) is 59.1 Å². The van der Waals surface area contributed by atoms with Crippen LogP contribution in [0.25, 0.3) is 11.6 Å². The number of amides is 2. The van der Waals surface area contributed by atoms with E-state index in [0.717, 1.165) is 17.0 Å². The minimum absolute atomic E-state index is 0.0756. The summed E-state index contributed by atoms with van der Waals surface area (Å²) < 4.78 is 10.9. The van der Waals surface area contributed by atoms with Crippen molar-refractivity contribution in [3.63, 3.8) is 0 Å². The minimum Gasteiger partial charge on any atom is -0.497 e. The number of H-pyrrole nitrogens is 1. The minimum atomic E-state index is -0.324. The summed E-state index contributed by atoms with van der Waals surface area (Å²) in [6.07, 6.45) is 0.608. The molecule has 3 heterocycles. The van der Waals surface area contributed by atoms with Crippen LogP contribution in [0.5, 0.6) is 5.75 Å². The van der Waals surface area contributed by atoms with Crippen LogP contribution in [-0.4, -0.2) is 42.5 Å². The number of aromatic amines is 1. The molecule has 1 aliphatic heterocycles. The van der Waals surface area contributed by atoms with Gasteiger partial charge >= 0.3 is 0 Å². The number of aromatic nitrogens is 2. The second-order valence-electron chi connectivity index (χ2n) is 6.54. The van der Waals surface area contributed by atoms with Crippen molar-refractivity contribution in [1.29, 1.82) is 0 Å². The second-order valence-corrected chi connectivity index (χ2v) is 6.54. The summed E-state index contributed by atoms with van der Waals surface area (Å²) in [7, 11) is 3.16. The highest BCUT2D eigenvalue weighted by Gasteiger charge is 2.27. The van der Waals surface area contributed by atoms with E-state index in [2.05, 4.69) is 20.6 Å². The summed E-state index contributed by atoms with van der Waals surface area (Å²) in [5.41, 5.74) is 2.15. The molecule has 2 aromatic heterocycles. The van der Waals surface area contributed by atoms with Gasteiger partial charge in [0, 0.05) is 25.2 Å². The van der Waals surface area contributed by atoms with E-state index >= 15 is 0 Å². The number of nitrogens with one attached hydrogen (secondary N) is 3. The van der Waals surface area contributed by atoms with Crippen LogP contribution in [-0.2, 0) is 6.42 Å². The molecule has 4 rings (SSSR count). The molecule has 0 saturated carbocycles. The number of ether oxygens (including phenoxy) is 1. The highest BCUT2D eigenvalue weighted by Crippen LogP contribution is 2.29. The number of hydrogen-bond acceptors (Lipinski definition) is 5. The van der Waals surface area contributed by atoms with Crippen molar-refractivity contribution in [3.8, 4) is 17.3 Å². The molecule has 3 N–H and O–H groups in total. The molecule has 0 bridgehead atoms. The maximum atomic E-state index is 12.5. The monoisotopic (exact) mass is 380 g/mol. The molecule has 3 aromatic rings. The zero-order valence-electron chi connectivity index (χ0n) is 15.5. The molecule has 0 fully saturated rings. The van der Waals surface area contributed by atoms with E-state index in [4.69, 9.17) is 9.15 Å². The third-order valence-electron chi connectivity index (χ3n) is 4.81. The number of furan rings is 1. The van der Waals surface area contributed by atoms with Crippen LogP contribution >= 0.6 is 0 Å². The molecule has 144 valence electrons. The molecule has 1 atom stereocenters. The summed E-state index contributed by atoms with van der Waals surface area (Å²) in [6, 6.07) is 11.0. The molecular formula is C20H20N4O4. The van der Waals surface area contributed by atoms with Crippen molar-refractivity contribution in [2.45, 2.75) is 12.3 Å². The van der Waals surface area contributed by atoms with E-state index in [1.54, 1.807) is 19.2 Å². The number of methoxy groups -OCH3 is 1. The molecule has 0 aliphatic carbocycles. The maximum absolute atomic E-state index is 12.5. The highest BCUT2D eigenvalue weighted by molar-refractivity contribution is 5.95. The van der Waals surface area contributed by atoms with E-state index in [-0.39, 0.29) is 23.5 Å². The van der Waals surface area contributed by atoms with E-state index in [1.165, 1.54) is 7.05 Å². The summed E-state index contributed by atoms with van der Waals surface area (Å²) in [5, 5.41) is 5.43. The summed E-state index contributed by atoms with van der Waals surface area (Å²) >= 11 is 0. The molecule has 0 saturated heterocycles. The fourth-order valence-corrected chi connectivity index (χ4v) is 3.32. The second kappa shape index (κ2) is 7.22. The zero-order chi connectivity index (χ0) is 19.7. The Morgan fingerprint density at radius 3 is 2.96 bits per heavy atom. The van der Waals surface area contributed by atoms with Crippen LogP contribution in [0.2, 0.25) is 0 Å². The SMILES string of the molecule is CNC(=O)c1ccc(-c2nc3c([nH]2)C[C@@H](c2cccc(OC)c2)CNC3=O)o1. The predicted molar refractivity (Wildman–Crippen MR) is 101 cm³/mol.